The lowest BCUT2D eigenvalue weighted by atomic mass is 10.1. The van der Waals surface area contributed by atoms with E-state index in [2.05, 4.69) is 39.2 Å². The van der Waals surface area contributed by atoms with Gasteiger partial charge in [0.15, 0.2) is 5.96 Å². The Morgan fingerprint density at radius 3 is 2.57 bits per heavy atom. The van der Waals surface area contributed by atoms with Crippen LogP contribution in [0, 0.1) is 5.92 Å². The molecule has 0 spiro atoms. The van der Waals surface area contributed by atoms with Crippen LogP contribution in [0.2, 0.25) is 0 Å². The molecule has 28 heavy (non-hydrogen) atoms. The molecule has 2 atom stereocenters. The van der Waals surface area contributed by atoms with Crippen molar-refractivity contribution in [1.29, 1.82) is 0 Å². The Morgan fingerprint density at radius 2 is 2.00 bits per heavy atom. The third kappa shape index (κ3) is 7.77. The van der Waals surface area contributed by atoms with Crippen molar-refractivity contribution in [3.8, 4) is 0 Å². The molecule has 2 unspecified atom stereocenters. The fraction of sp³-hybridized carbons (Fsp3) is 0.800. The van der Waals surface area contributed by atoms with E-state index < -0.39 is 5.60 Å². The van der Waals surface area contributed by atoms with Gasteiger partial charge in [-0.15, -0.1) is 24.0 Å². The number of nitrogens with one attached hydrogen (secondary N) is 1. The molecule has 8 heteroatoms. The number of carbonyl (C=O) groups is 1. The molecule has 7 nitrogen and oxygen atoms in total. The number of ether oxygens (including phenoxy) is 1. The normalized spacial score (nSPS) is 21.4. The average Bonchev–Trinajstić information content (AvgIpc) is 3.25. The maximum Gasteiger partial charge on any atom is 0.410 e. The Morgan fingerprint density at radius 1 is 1.36 bits per heavy atom. The molecule has 0 aromatic rings. The molecule has 162 valence electrons. The lowest BCUT2D eigenvalue weighted by Gasteiger charge is -2.28. The summed E-state index contributed by atoms with van der Waals surface area (Å²) in [5, 5.41) is 3.48. The molecule has 2 rings (SSSR count). The Bertz CT molecular complexity index is 553. The molecule has 0 saturated carbocycles. The molecule has 0 bridgehead atoms. The number of rotatable bonds is 5. The van der Waals surface area contributed by atoms with Gasteiger partial charge in [-0.2, -0.15) is 0 Å². The second-order valence-electron chi connectivity index (χ2n) is 8.71. The van der Waals surface area contributed by atoms with Gasteiger partial charge in [-0.25, -0.2) is 4.79 Å². The number of nitrogens with zero attached hydrogens (tertiary/aromatic N) is 4. The molecule has 1 amide bonds. The minimum absolute atomic E-state index is 0. The van der Waals surface area contributed by atoms with Crippen molar-refractivity contribution in [1.82, 2.24) is 20.0 Å². The third-order valence-electron chi connectivity index (χ3n) is 4.94. The van der Waals surface area contributed by atoms with Gasteiger partial charge in [0.2, 0.25) is 0 Å². The van der Waals surface area contributed by atoms with E-state index in [1.54, 1.807) is 11.9 Å². The van der Waals surface area contributed by atoms with Crippen LogP contribution in [0.5, 0.6) is 0 Å². The molecule has 2 aliphatic heterocycles. The van der Waals surface area contributed by atoms with E-state index in [1.165, 1.54) is 6.42 Å². The number of likely N-dealkylation sites (tertiary alicyclic amines) is 1. The maximum absolute atomic E-state index is 12.1. The highest BCUT2D eigenvalue weighted by Gasteiger charge is 2.29. The summed E-state index contributed by atoms with van der Waals surface area (Å²) in [5.41, 5.74) is -0.466. The molecular formula is C20H38IN5O2. The quantitative estimate of drug-likeness (QED) is 0.269. The first-order valence-corrected chi connectivity index (χ1v) is 9.98. The lowest BCUT2D eigenvalue weighted by molar-refractivity contribution is 0.0278. The number of hydrogen-bond acceptors (Lipinski definition) is 4. The van der Waals surface area contributed by atoms with Crippen molar-refractivity contribution < 1.29 is 9.53 Å². The first-order chi connectivity index (χ1) is 12.7. The summed E-state index contributed by atoms with van der Waals surface area (Å²) < 4.78 is 5.41. The smallest absolute Gasteiger partial charge is 0.410 e. The van der Waals surface area contributed by atoms with Crippen LogP contribution >= 0.6 is 24.0 Å². The molecule has 2 aliphatic rings. The summed E-state index contributed by atoms with van der Waals surface area (Å²) in [6.45, 7) is 13.4. The summed E-state index contributed by atoms with van der Waals surface area (Å²) >= 11 is 0. The van der Waals surface area contributed by atoms with Crippen LogP contribution in [0.1, 0.15) is 34.1 Å². The van der Waals surface area contributed by atoms with Gasteiger partial charge < -0.3 is 19.9 Å². The van der Waals surface area contributed by atoms with E-state index >= 15 is 0 Å². The van der Waals surface area contributed by atoms with Crippen molar-refractivity contribution in [3.05, 3.63) is 12.2 Å². The van der Waals surface area contributed by atoms with Gasteiger partial charge in [-0.3, -0.25) is 9.89 Å². The zero-order valence-electron chi connectivity index (χ0n) is 18.3. The second kappa shape index (κ2) is 11.2. The predicted molar refractivity (Wildman–Crippen MR) is 125 cm³/mol. The molecule has 1 fully saturated rings. The van der Waals surface area contributed by atoms with Gasteiger partial charge >= 0.3 is 6.09 Å². The minimum Gasteiger partial charge on any atom is -0.444 e. The summed E-state index contributed by atoms with van der Waals surface area (Å²) in [6.07, 6.45) is 5.40. The van der Waals surface area contributed by atoms with Crippen LogP contribution in [-0.2, 0) is 4.74 Å². The van der Waals surface area contributed by atoms with Gasteiger partial charge in [0, 0.05) is 59.4 Å². The summed E-state index contributed by atoms with van der Waals surface area (Å²) in [7, 11) is 3.62. The van der Waals surface area contributed by atoms with Crippen molar-refractivity contribution >= 4 is 36.0 Å². The molecule has 0 aromatic carbocycles. The van der Waals surface area contributed by atoms with Crippen molar-refractivity contribution in [2.45, 2.75) is 45.8 Å². The standard InChI is InChI=1S/C20H37N5O2.HI/c1-16(14-23(6)19(26)27-20(2,3)4)13-22-18(21-5)25-12-9-17(15-25)24-10-7-8-11-24;/h7-8,16-17H,9-15H2,1-6H3,(H,21,22);1H. The topological polar surface area (TPSA) is 60.4 Å². The largest absolute Gasteiger partial charge is 0.444 e. The van der Waals surface area contributed by atoms with Crippen LogP contribution in [0.4, 0.5) is 4.79 Å². The Balaban J connectivity index is 0.00000392. The number of carbonyl (C=O) groups excluding carboxylic acids is 1. The fourth-order valence-electron chi connectivity index (χ4n) is 3.57. The Labute approximate surface area is 187 Å². The first-order valence-electron chi connectivity index (χ1n) is 9.98. The number of guanidine groups is 1. The minimum atomic E-state index is -0.466. The summed E-state index contributed by atoms with van der Waals surface area (Å²) in [4.78, 5) is 23.1. The van der Waals surface area contributed by atoms with Gasteiger partial charge in [-0.1, -0.05) is 19.1 Å². The van der Waals surface area contributed by atoms with Crippen LogP contribution in [-0.4, -0.2) is 91.8 Å². The highest BCUT2D eigenvalue weighted by molar-refractivity contribution is 14.0. The molecule has 0 aromatic heterocycles. The van der Waals surface area contributed by atoms with Crippen molar-refractivity contribution in [3.63, 3.8) is 0 Å². The van der Waals surface area contributed by atoms with E-state index in [0.717, 1.165) is 38.7 Å². The van der Waals surface area contributed by atoms with E-state index in [9.17, 15) is 4.79 Å². The van der Waals surface area contributed by atoms with E-state index in [0.29, 0.717) is 18.5 Å². The second-order valence-corrected chi connectivity index (χ2v) is 8.71. The molecule has 0 radical (unpaired) electrons. The number of amides is 1. The number of hydrogen-bond donors (Lipinski definition) is 1. The van der Waals surface area contributed by atoms with Gasteiger partial charge in [0.25, 0.3) is 0 Å². The average molecular weight is 507 g/mol. The van der Waals surface area contributed by atoms with E-state index in [1.807, 2.05) is 27.8 Å². The van der Waals surface area contributed by atoms with Crippen LogP contribution < -0.4 is 5.32 Å². The number of halogens is 1. The van der Waals surface area contributed by atoms with E-state index in [-0.39, 0.29) is 30.1 Å². The van der Waals surface area contributed by atoms with E-state index in [4.69, 9.17) is 4.74 Å². The SMILES string of the molecule is CN=C(NCC(C)CN(C)C(=O)OC(C)(C)C)N1CCC(N2CC=CC2)C1.I. The highest BCUT2D eigenvalue weighted by Crippen LogP contribution is 2.18. The van der Waals surface area contributed by atoms with Crippen LogP contribution in [0.25, 0.3) is 0 Å². The van der Waals surface area contributed by atoms with Crippen LogP contribution in [0.15, 0.2) is 17.1 Å². The highest BCUT2D eigenvalue weighted by atomic mass is 127. The Hall–Kier alpha value is -1.03. The van der Waals surface area contributed by atoms with Crippen LogP contribution in [0.3, 0.4) is 0 Å². The van der Waals surface area contributed by atoms with Gasteiger partial charge in [-0.05, 0) is 33.1 Å². The Kier molecular flexibility index (Phi) is 10.0. The van der Waals surface area contributed by atoms with Crippen molar-refractivity contribution in [2.24, 2.45) is 10.9 Å². The summed E-state index contributed by atoms with van der Waals surface area (Å²) in [6, 6.07) is 0.606. The molecule has 2 heterocycles. The maximum atomic E-state index is 12.1. The zero-order chi connectivity index (χ0) is 20.0. The third-order valence-corrected chi connectivity index (χ3v) is 4.94. The van der Waals surface area contributed by atoms with Gasteiger partial charge in [0.05, 0.1) is 0 Å². The monoisotopic (exact) mass is 507 g/mol. The lowest BCUT2D eigenvalue weighted by Crippen LogP contribution is -2.45. The fourth-order valence-corrected chi connectivity index (χ4v) is 3.57. The van der Waals surface area contributed by atoms with Gasteiger partial charge in [0.1, 0.15) is 5.60 Å². The predicted octanol–water partition coefficient (Wildman–Crippen LogP) is 2.63. The molecule has 1 saturated heterocycles. The van der Waals surface area contributed by atoms with Crippen molar-refractivity contribution in [2.75, 3.05) is 53.4 Å². The zero-order valence-corrected chi connectivity index (χ0v) is 20.6. The number of aliphatic imine (C=N–C) groups is 1. The molecule has 1 N–H and O–H groups in total. The first kappa shape index (κ1) is 25.0. The summed E-state index contributed by atoms with van der Waals surface area (Å²) in [5.74, 6) is 1.25. The molecular weight excluding hydrogens is 469 g/mol. The molecule has 0 aliphatic carbocycles.